The molecule has 0 bridgehead atoms. The monoisotopic (exact) mass is 391 g/mol. The highest BCUT2D eigenvalue weighted by molar-refractivity contribution is 6.33. The van der Waals surface area contributed by atoms with E-state index in [0.29, 0.717) is 28.5 Å². The Bertz CT molecular complexity index is 842. The van der Waals surface area contributed by atoms with Crippen LogP contribution in [-0.4, -0.2) is 61.0 Å². The third kappa shape index (κ3) is 5.90. The number of halogens is 1. The third-order valence-electron chi connectivity index (χ3n) is 3.57. The number of nitrogens with one attached hydrogen (secondary N) is 2. The number of carbonyl (C=O) groups is 2. The Morgan fingerprint density at radius 3 is 2.63 bits per heavy atom. The van der Waals surface area contributed by atoms with Crippen LogP contribution in [0.25, 0.3) is 0 Å². The highest BCUT2D eigenvalue weighted by Crippen LogP contribution is 2.26. The molecule has 0 saturated heterocycles. The van der Waals surface area contributed by atoms with Crippen molar-refractivity contribution in [3.05, 3.63) is 46.2 Å². The number of rotatable bonds is 7. The standard InChI is InChI=1S/C18H22ClN5O3/c1-11-9-15(16(25)20-7-8-24(2)3)23-18(21-11)22-14-10-12(17(26)27-4)5-6-13(14)19/h5-6,9-10H,7-8H2,1-4H3,(H,20,25)(H,21,22,23). The van der Waals surface area contributed by atoms with E-state index < -0.39 is 5.97 Å². The van der Waals surface area contributed by atoms with Crippen LogP contribution < -0.4 is 10.6 Å². The molecule has 0 spiro atoms. The minimum absolute atomic E-state index is 0.205. The lowest BCUT2D eigenvalue weighted by Crippen LogP contribution is -2.32. The molecule has 1 amide bonds. The van der Waals surface area contributed by atoms with Gasteiger partial charge in [0.2, 0.25) is 5.95 Å². The fourth-order valence-electron chi connectivity index (χ4n) is 2.21. The van der Waals surface area contributed by atoms with Gasteiger partial charge in [0.15, 0.2) is 0 Å². The van der Waals surface area contributed by atoms with E-state index >= 15 is 0 Å². The molecule has 0 saturated carbocycles. The average Bonchev–Trinajstić information content (AvgIpc) is 2.62. The number of aryl methyl sites for hydroxylation is 1. The Balaban J connectivity index is 2.21. The fraction of sp³-hybridized carbons (Fsp3) is 0.333. The van der Waals surface area contributed by atoms with E-state index in [9.17, 15) is 9.59 Å². The van der Waals surface area contributed by atoms with Gasteiger partial charge in [0.1, 0.15) is 5.69 Å². The minimum atomic E-state index is -0.485. The summed E-state index contributed by atoms with van der Waals surface area (Å²) in [5.41, 5.74) is 1.62. The van der Waals surface area contributed by atoms with Gasteiger partial charge in [-0.05, 0) is 45.3 Å². The Morgan fingerprint density at radius 2 is 1.96 bits per heavy atom. The number of anilines is 2. The molecule has 9 heteroatoms. The first-order chi connectivity index (χ1) is 12.8. The van der Waals surface area contributed by atoms with Gasteiger partial charge in [0.25, 0.3) is 5.91 Å². The van der Waals surface area contributed by atoms with E-state index in [1.165, 1.54) is 13.2 Å². The summed E-state index contributed by atoms with van der Waals surface area (Å²) in [6.07, 6.45) is 0. The maximum atomic E-state index is 12.3. The van der Waals surface area contributed by atoms with Gasteiger partial charge in [0.05, 0.1) is 23.4 Å². The lowest BCUT2D eigenvalue weighted by Gasteiger charge is -2.12. The van der Waals surface area contributed by atoms with Crippen LogP contribution in [0.15, 0.2) is 24.3 Å². The lowest BCUT2D eigenvalue weighted by molar-refractivity contribution is 0.0600. The van der Waals surface area contributed by atoms with Gasteiger partial charge in [0, 0.05) is 18.8 Å². The molecule has 0 aliphatic heterocycles. The van der Waals surface area contributed by atoms with Gasteiger partial charge in [-0.25, -0.2) is 14.8 Å². The second-order valence-corrected chi connectivity index (χ2v) is 6.50. The number of carbonyl (C=O) groups excluding carboxylic acids is 2. The summed E-state index contributed by atoms with van der Waals surface area (Å²) < 4.78 is 4.71. The summed E-state index contributed by atoms with van der Waals surface area (Å²) in [7, 11) is 5.15. The molecule has 1 heterocycles. The quantitative estimate of drug-likeness (QED) is 0.699. The second kappa shape index (κ2) is 9.29. The Morgan fingerprint density at radius 1 is 1.22 bits per heavy atom. The molecule has 0 aliphatic carbocycles. The SMILES string of the molecule is COC(=O)c1ccc(Cl)c(Nc2nc(C)cc(C(=O)NCCN(C)C)n2)c1. The van der Waals surface area contributed by atoms with Crippen molar-refractivity contribution >= 4 is 35.1 Å². The van der Waals surface area contributed by atoms with Crippen molar-refractivity contribution in [1.82, 2.24) is 20.2 Å². The van der Waals surface area contributed by atoms with E-state index in [1.807, 2.05) is 19.0 Å². The number of benzene rings is 1. The van der Waals surface area contributed by atoms with Crippen LogP contribution in [0.1, 0.15) is 26.5 Å². The van der Waals surface area contributed by atoms with Crippen molar-refractivity contribution in [2.75, 3.05) is 39.6 Å². The van der Waals surface area contributed by atoms with Gasteiger partial charge >= 0.3 is 5.97 Å². The number of amides is 1. The molecule has 144 valence electrons. The molecule has 0 unspecified atom stereocenters. The molecular weight excluding hydrogens is 370 g/mol. The molecule has 2 N–H and O–H groups in total. The Kier molecular flexibility index (Phi) is 7.09. The number of aromatic nitrogens is 2. The number of methoxy groups -OCH3 is 1. The third-order valence-corrected chi connectivity index (χ3v) is 3.89. The van der Waals surface area contributed by atoms with Crippen LogP contribution in [0.3, 0.4) is 0 Å². The van der Waals surface area contributed by atoms with Crippen molar-refractivity contribution < 1.29 is 14.3 Å². The molecule has 2 rings (SSSR count). The highest BCUT2D eigenvalue weighted by Gasteiger charge is 2.13. The summed E-state index contributed by atoms with van der Waals surface area (Å²) in [5.74, 6) is -0.572. The van der Waals surface area contributed by atoms with Crippen molar-refractivity contribution in [3.63, 3.8) is 0 Å². The number of esters is 1. The van der Waals surface area contributed by atoms with Crippen molar-refractivity contribution in [3.8, 4) is 0 Å². The van der Waals surface area contributed by atoms with Crippen LogP contribution in [0, 0.1) is 6.92 Å². The van der Waals surface area contributed by atoms with Crippen LogP contribution in [0.4, 0.5) is 11.6 Å². The zero-order valence-corrected chi connectivity index (χ0v) is 16.4. The van der Waals surface area contributed by atoms with Gasteiger partial charge in [-0.2, -0.15) is 0 Å². The van der Waals surface area contributed by atoms with Gasteiger partial charge in [-0.3, -0.25) is 4.79 Å². The molecule has 8 nitrogen and oxygen atoms in total. The van der Waals surface area contributed by atoms with E-state index in [-0.39, 0.29) is 17.5 Å². The van der Waals surface area contributed by atoms with Crippen LogP contribution in [0.5, 0.6) is 0 Å². The topological polar surface area (TPSA) is 96.4 Å². The predicted molar refractivity (Wildman–Crippen MR) is 104 cm³/mol. The molecule has 2 aromatic rings. The predicted octanol–water partition coefficient (Wildman–Crippen LogP) is 2.26. The molecule has 0 aliphatic rings. The first kappa shape index (κ1) is 20.6. The molecule has 27 heavy (non-hydrogen) atoms. The number of likely N-dealkylation sites (N-methyl/N-ethyl adjacent to an activating group) is 1. The van der Waals surface area contributed by atoms with Gasteiger partial charge in [-0.1, -0.05) is 11.6 Å². The maximum Gasteiger partial charge on any atom is 0.337 e. The number of hydrogen-bond donors (Lipinski definition) is 2. The number of nitrogens with zero attached hydrogens (tertiary/aromatic N) is 3. The first-order valence-electron chi connectivity index (χ1n) is 8.23. The fourth-order valence-corrected chi connectivity index (χ4v) is 2.38. The van der Waals surface area contributed by atoms with Crippen molar-refractivity contribution in [2.45, 2.75) is 6.92 Å². The maximum absolute atomic E-state index is 12.3. The number of hydrogen-bond acceptors (Lipinski definition) is 7. The zero-order chi connectivity index (χ0) is 20.0. The van der Waals surface area contributed by atoms with Crippen LogP contribution in [-0.2, 0) is 4.74 Å². The normalized spacial score (nSPS) is 10.6. The van der Waals surface area contributed by atoms with Crippen molar-refractivity contribution in [2.24, 2.45) is 0 Å². The van der Waals surface area contributed by atoms with Gasteiger partial charge in [-0.15, -0.1) is 0 Å². The van der Waals surface area contributed by atoms with E-state index in [2.05, 4.69) is 20.6 Å². The first-order valence-corrected chi connectivity index (χ1v) is 8.61. The summed E-state index contributed by atoms with van der Waals surface area (Å²) in [4.78, 5) is 34.5. The molecule has 1 aromatic carbocycles. The largest absolute Gasteiger partial charge is 0.465 e. The minimum Gasteiger partial charge on any atom is -0.465 e. The molecule has 0 fully saturated rings. The summed E-state index contributed by atoms with van der Waals surface area (Å²) in [6.45, 7) is 2.98. The molecule has 0 atom stereocenters. The van der Waals surface area contributed by atoms with E-state index in [4.69, 9.17) is 16.3 Å². The lowest BCUT2D eigenvalue weighted by atomic mass is 10.2. The molecule has 1 aromatic heterocycles. The smallest absolute Gasteiger partial charge is 0.337 e. The summed E-state index contributed by atoms with van der Waals surface area (Å²) in [5, 5.41) is 6.14. The highest BCUT2D eigenvalue weighted by atomic mass is 35.5. The van der Waals surface area contributed by atoms with E-state index in [0.717, 1.165) is 6.54 Å². The van der Waals surface area contributed by atoms with Crippen LogP contribution in [0.2, 0.25) is 5.02 Å². The average molecular weight is 392 g/mol. The summed E-state index contributed by atoms with van der Waals surface area (Å²) >= 11 is 6.18. The Labute approximate surface area is 162 Å². The summed E-state index contributed by atoms with van der Waals surface area (Å²) in [6, 6.07) is 6.26. The molecule has 0 radical (unpaired) electrons. The second-order valence-electron chi connectivity index (χ2n) is 6.09. The Hall–Kier alpha value is -2.71. The number of ether oxygens (including phenoxy) is 1. The molecular formula is C18H22ClN5O3. The van der Waals surface area contributed by atoms with Gasteiger partial charge < -0.3 is 20.3 Å². The van der Waals surface area contributed by atoms with Crippen LogP contribution >= 0.6 is 11.6 Å². The zero-order valence-electron chi connectivity index (χ0n) is 15.7. The van der Waals surface area contributed by atoms with E-state index in [1.54, 1.807) is 25.1 Å². The van der Waals surface area contributed by atoms with Crippen molar-refractivity contribution in [1.29, 1.82) is 0 Å².